The van der Waals surface area contributed by atoms with Crippen LogP contribution >= 0.6 is 27.7 Å². The van der Waals surface area contributed by atoms with E-state index in [1.165, 1.54) is 43.1 Å². The average Bonchev–Trinajstić information content (AvgIpc) is 3.23. The number of anilines is 1. The third kappa shape index (κ3) is 6.98. The van der Waals surface area contributed by atoms with Gasteiger partial charge in [0.05, 0.1) is 24.8 Å². The van der Waals surface area contributed by atoms with Gasteiger partial charge in [0.15, 0.2) is 23.3 Å². The molecule has 3 aromatic carbocycles. The second kappa shape index (κ2) is 12.8. The van der Waals surface area contributed by atoms with Crippen molar-refractivity contribution in [2.45, 2.75) is 6.92 Å². The molecule has 0 radical (unpaired) electrons. The Morgan fingerprint density at radius 1 is 1.08 bits per heavy atom. The number of amidine groups is 1. The van der Waals surface area contributed by atoms with E-state index in [2.05, 4.69) is 26.2 Å². The van der Waals surface area contributed by atoms with Crippen molar-refractivity contribution >= 4 is 62.1 Å². The standard InChI is InChI=1S/C28H25BrFN3O5S/c1-4-33-27(35)25(39-28(33)32-20-9-11-21(36-2)12-10-20)14-17-13-23(37-3)24(15-22(17)29)38-16-26(34)31-19-7-5-18(30)6-8-19/h5-15H,4,16H2,1-3H3,(H,31,34)/b25-14+,32-28?. The van der Waals surface area contributed by atoms with Gasteiger partial charge in [0.2, 0.25) is 0 Å². The number of ether oxygens (including phenoxy) is 3. The Morgan fingerprint density at radius 3 is 2.44 bits per heavy atom. The molecule has 8 nitrogen and oxygen atoms in total. The summed E-state index contributed by atoms with van der Waals surface area (Å²) in [6, 6.07) is 16.1. The molecule has 1 N–H and O–H groups in total. The topological polar surface area (TPSA) is 89.5 Å². The van der Waals surface area contributed by atoms with Crippen LogP contribution < -0.4 is 19.5 Å². The second-order valence-electron chi connectivity index (χ2n) is 8.12. The fraction of sp³-hybridized carbons (Fsp3) is 0.179. The zero-order chi connectivity index (χ0) is 27.9. The molecule has 0 spiro atoms. The van der Waals surface area contributed by atoms with Gasteiger partial charge in [-0.1, -0.05) is 15.9 Å². The van der Waals surface area contributed by atoms with Crippen LogP contribution in [0, 0.1) is 5.82 Å². The Bertz CT molecular complexity index is 1430. The first kappa shape index (κ1) is 28.2. The average molecular weight is 614 g/mol. The number of thioether (sulfide) groups is 1. The third-order valence-electron chi connectivity index (χ3n) is 5.56. The molecular formula is C28H25BrFN3O5S. The number of nitrogens with zero attached hydrogens (tertiary/aromatic N) is 2. The number of rotatable bonds is 9. The minimum atomic E-state index is -0.415. The number of amides is 2. The Labute approximate surface area is 238 Å². The lowest BCUT2D eigenvalue weighted by atomic mass is 10.2. The summed E-state index contributed by atoms with van der Waals surface area (Å²) < 4.78 is 30.1. The van der Waals surface area contributed by atoms with Gasteiger partial charge in [-0.25, -0.2) is 9.38 Å². The van der Waals surface area contributed by atoms with E-state index < -0.39 is 11.7 Å². The number of halogens is 2. The molecule has 202 valence electrons. The maximum Gasteiger partial charge on any atom is 0.266 e. The lowest BCUT2D eigenvalue weighted by Gasteiger charge is -2.13. The largest absolute Gasteiger partial charge is 0.497 e. The highest BCUT2D eigenvalue weighted by atomic mass is 79.9. The summed E-state index contributed by atoms with van der Waals surface area (Å²) in [6.07, 6.45) is 1.75. The molecule has 1 aliphatic rings. The van der Waals surface area contributed by atoms with Gasteiger partial charge in [-0.15, -0.1) is 0 Å². The lowest BCUT2D eigenvalue weighted by Crippen LogP contribution is -2.28. The molecule has 1 fully saturated rings. The highest BCUT2D eigenvalue weighted by Crippen LogP contribution is 2.38. The number of likely N-dealkylation sites (N-methyl/N-ethyl adjacent to an activating group) is 1. The number of methoxy groups -OCH3 is 2. The summed E-state index contributed by atoms with van der Waals surface area (Å²) in [7, 11) is 3.08. The monoisotopic (exact) mass is 613 g/mol. The van der Waals surface area contributed by atoms with Gasteiger partial charge < -0.3 is 19.5 Å². The number of carbonyl (C=O) groups is 2. The number of benzene rings is 3. The van der Waals surface area contributed by atoms with Crippen molar-refractivity contribution in [3.05, 3.63) is 81.4 Å². The summed E-state index contributed by atoms with van der Waals surface area (Å²) >= 11 is 4.81. The summed E-state index contributed by atoms with van der Waals surface area (Å²) in [5.41, 5.74) is 1.85. The van der Waals surface area contributed by atoms with Crippen molar-refractivity contribution in [2.24, 2.45) is 4.99 Å². The maximum absolute atomic E-state index is 13.1. The highest BCUT2D eigenvalue weighted by Gasteiger charge is 2.32. The van der Waals surface area contributed by atoms with Crippen LogP contribution in [-0.2, 0) is 9.59 Å². The zero-order valence-corrected chi connectivity index (χ0v) is 23.8. The van der Waals surface area contributed by atoms with E-state index in [-0.39, 0.29) is 12.5 Å². The van der Waals surface area contributed by atoms with E-state index in [9.17, 15) is 14.0 Å². The first-order valence-electron chi connectivity index (χ1n) is 11.8. The second-order valence-corrected chi connectivity index (χ2v) is 9.98. The predicted octanol–water partition coefficient (Wildman–Crippen LogP) is 6.25. The molecule has 0 bridgehead atoms. The van der Waals surface area contributed by atoms with Gasteiger partial charge in [-0.3, -0.25) is 14.5 Å². The van der Waals surface area contributed by atoms with Crippen LogP contribution in [0.25, 0.3) is 6.08 Å². The highest BCUT2D eigenvalue weighted by molar-refractivity contribution is 9.10. The Kier molecular flexibility index (Phi) is 9.26. The third-order valence-corrected chi connectivity index (χ3v) is 7.25. The first-order chi connectivity index (χ1) is 18.8. The SMILES string of the molecule is CCN1C(=O)/C(=C\c2cc(OC)c(OCC(=O)Nc3ccc(F)cc3)cc2Br)SC1=Nc1ccc(OC)cc1. The van der Waals surface area contributed by atoms with Crippen molar-refractivity contribution in [1.82, 2.24) is 4.90 Å². The van der Waals surface area contributed by atoms with Gasteiger partial charge in [-0.2, -0.15) is 0 Å². The number of nitrogens with one attached hydrogen (secondary N) is 1. The van der Waals surface area contributed by atoms with Gasteiger partial charge in [-0.05, 0) is 91.0 Å². The maximum atomic E-state index is 13.1. The zero-order valence-electron chi connectivity index (χ0n) is 21.4. The fourth-order valence-corrected chi connectivity index (χ4v) is 5.08. The minimum Gasteiger partial charge on any atom is -0.497 e. The van der Waals surface area contributed by atoms with Crippen LogP contribution in [0.15, 0.2) is 75.0 Å². The molecule has 0 atom stereocenters. The fourth-order valence-electron chi connectivity index (χ4n) is 3.59. The number of hydrogen-bond donors (Lipinski definition) is 1. The number of aliphatic imine (C=N–C) groups is 1. The molecule has 0 unspecified atom stereocenters. The van der Waals surface area contributed by atoms with Crippen LogP contribution in [0.3, 0.4) is 0 Å². The number of carbonyl (C=O) groups excluding carboxylic acids is 2. The quantitative estimate of drug-likeness (QED) is 0.287. The van der Waals surface area contributed by atoms with Gasteiger partial charge in [0, 0.05) is 16.7 Å². The number of hydrogen-bond acceptors (Lipinski definition) is 7. The molecular weight excluding hydrogens is 589 g/mol. The van der Waals surface area contributed by atoms with Crippen molar-refractivity contribution in [1.29, 1.82) is 0 Å². The summed E-state index contributed by atoms with van der Waals surface area (Å²) in [6.45, 7) is 2.07. The lowest BCUT2D eigenvalue weighted by molar-refractivity contribution is -0.122. The van der Waals surface area contributed by atoms with E-state index in [0.717, 1.165) is 5.75 Å². The molecule has 39 heavy (non-hydrogen) atoms. The molecule has 11 heteroatoms. The Hall–Kier alpha value is -3.83. The molecule has 1 heterocycles. The van der Waals surface area contributed by atoms with Crippen molar-refractivity contribution < 1.29 is 28.2 Å². The Morgan fingerprint density at radius 2 is 1.79 bits per heavy atom. The van der Waals surface area contributed by atoms with Gasteiger partial charge in [0.1, 0.15) is 11.6 Å². The summed E-state index contributed by atoms with van der Waals surface area (Å²) in [4.78, 5) is 32.2. The van der Waals surface area contributed by atoms with Crippen LogP contribution in [0.5, 0.6) is 17.2 Å². The van der Waals surface area contributed by atoms with E-state index in [1.807, 2.05) is 31.2 Å². The van der Waals surface area contributed by atoms with Crippen molar-refractivity contribution in [3.8, 4) is 17.2 Å². The smallest absolute Gasteiger partial charge is 0.266 e. The molecule has 3 aromatic rings. The van der Waals surface area contributed by atoms with E-state index in [4.69, 9.17) is 14.2 Å². The van der Waals surface area contributed by atoms with Gasteiger partial charge in [0.25, 0.3) is 11.8 Å². The molecule has 1 saturated heterocycles. The van der Waals surface area contributed by atoms with E-state index in [1.54, 1.807) is 30.2 Å². The van der Waals surface area contributed by atoms with E-state index >= 15 is 0 Å². The van der Waals surface area contributed by atoms with Crippen LogP contribution in [0.1, 0.15) is 12.5 Å². The molecule has 2 amide bonds. The van der Waals surface area contributed by atoms with Crippen LogP contribution in [0.2, 0.25) is 0 Å². The van der Waals surface area contributed by atoms with Crippen molar-refractivity contribution in [3.63, 3.8) is 0 Å². The molecule has 0 aliphatic carbocycles. The van der Waals surface area contributed by atoms with Crippen LogP contribution in [0.4, 0.5) is 15.8 Å². The Balaban J connectivity index is 1.50. The summed E-state index contributed by atoms with van der Waals surface area (Å²) in [5, 5.41) is 3.22. The van der Waals surface area contributed by atoms with Crippen molar-refractivity contribution in [2.75, 3.05) is 32.7 Å². The van der Waals surface area contributed by atoms with Gasteiger partial charge >= 0.3 is 0 Å². The molecule has 4 rings (SSSR count). The normalized spacial score (nSPS) is 15.1. The molecule has 0 aromatic heterocycles. The predicted molar refractivity (Wildman–Crippen MR) is 154 cm³/mol. The molecule has 1 aliphatic heterocycles. The van der Waals surface area contributed by atoms with Crippen LogP contribution in [-0.4, -0.2) is 49.3 Å². The first-order valence-corrected chi connectivity index (χ1v) is 13.4. The summed E-state index contributed by atoms with van der Waals surface area (Å²) in [5.74, 6) is 0.481. The van der Waals surface area contributed by atoms with E-state index in [0.29, 0.717) is 49.5 Å². The molecule has 0 saturated carbocycles. The minimum absolute atomic E-state index is 0.154.